The molecule has 0 spiro atoms. The van der Waals surface area contributed by atoms with Gasteiger partial charge in [-0.05, 0) is 43.2 Å². The molecule has 4 aromatic rings. The van der Waals surface area contributed by atoms with Crippen molar-refractivity contribution in [3.8, 4) is 11.5 Å². The summed E-state index contributed by atoms with van der Waals surface area (Å²) in [4.78, 5) is 20.0. The Morgan fingerprint density at radius 2 is 1.81 bits per heavy atom. The Labute approximate surface area is 208 Å². The summed E-state index contributed by atoms with van der Waals surface area (Å²) in [5.41, 5.74) is 4.07. The summed E-state index contributed by atoms with van der Waals surface area (Å²) in [6.07, 6.45) is 6.80. The number of fused-ring (bicyclic) bond motifs is 2. The molecule has 3 N–H and O–H groups in total. The fourth-order valence-corrected chi connectivity index (χ4v) is 3.78. The number of furan rings is 1. The van der Waals surface area contributed by atoms with E-state index in [0.29, 0.717) is 50.0 Å². The van der Waals surface area contributed by atoms with Crippen LogP contribution >= 0.6 is 0 Å². The van der Waals surface area contributed by atoms with Gasteiger partial charge in [-0.25, -0.2) is 15.4 Å². The first-order chi connectivity index (χ1) is 17.7. The number of rotatable bonds is 14. The molecule has 190 valence electrons. The van der Waals surface area contributed by atoms with Crippen molar-refractivity contribution in [2.75, 3.05) is 32.2 Å². The molecule has 0 aliphatic rings. The number of benzene rings is 2. The largest absolute Gasteiger partial charge is 0.490 e. The Morgan fingerprint density at radius 3 is 2.67 bits per heavy atom. The summed E-state index contributed by atoms with van der Waals surface area (Å²) < 4.78 is 22.6. The zero-order valence-electron chi connectivity index (χ0n) is 20.2. The molecule has 0 saturated carbocycles. The number of hydrogen-bond acceptors (Lipinski definition) is 9. The Balaban J connectivity index is 1.47. The maximum Gasteiger partial charge on any atom is 0.243 e. The normalized spacial score (nSPS) is 11.1. The molecule has 0 bridgehead atoms. The molecule has 10 heteroatoms. The predicted octanol–water partition coefficient (Wildman–Crippen LogP) is 4.98. The number of ether oxygens (including phenoxy) is 3. The molecule has 2 aromatic carbocycles. The van der Waals surface area contributed by atoms with Crippen LogP contribution in [0.5, 0.6) is 11.5 Å². The molecule has 1 amide bonds. The van der Waals surface area contributed by atoms with Gasteiger partial charge in [0, 0.05) is 36.1 Å². The zero-order valence-corrected chi connectivity index (χ0v) is 20.2. The van der Waals surface area contributed by atoms with E-state index < -0.39 is 0 Å². The third kappa shape index (κ3) is 6.61. The van der Waals surface area contributed by atoms with E-state index in [2.05, 4.69) is 15.3 Å². The fraction of sp³-hybridized carbons (Fsp3) is 0.346. The predicted molar refractivity (Wildman–Crippen MR) is 135 cm³/mol. The second-order valence-corrected chi connectivity index (χ2v) is 8.23. The summed E-state index contributed by atoms with van der Waals surface area (Å²) >= 11 is 0. The molecule has 36 heavy (non-hydrogen) atoms. The van der Waals surface area contributed by atoms with E-state index >= 15 is 0 Å². The van der Waals surface area contributed by atoms with Crippen molar-refractivity contribution < 1.29 is 28.6 Å². The highest BCUT2D eigenvalue weighted by molar-refractivity contribution is 5.93. The summed E-state index contributed by atoms with van der Waals surface area (Å²) in [7, 11) is 1.62. The van der Waals surface area contributed by atoms with Crippen LogP contribution in [0.4, 0.5) is 11.5 Å². The van der Waals surface area contributed by atoms with Crippen LogP contribution in [0.15, 0.2) is 53.4 Å². The minimum atomic E-state index is -0.363. The minimum absolute atomic E-state index is 0.311. The Hall–Kier alpha value is -3.89. The first kappa shape index (κ1) is 25.2. The van der Waals surface area contributed by atoms with Crippen LogP contribution in [0.2, 0.25) is 0 Å². The lowest BCUT2D eigenvalue weighted by molar-refractivity contribution is -0.129. The number of carbonyl (C=O) groups is 1. The average molecular weight is 495 g/mol. The van der Waals surface area contributed by atoms with Gasteiger partial charge < -0.3 is 23.9 Å². The van der Waals surface area contributed by atoms with E-state index in [4.69, 9.17) is 23.8 Å². The Kier molecular flexibility index (Phi) is 8.90. The van der Waals surface area contributed by atoms with Gasteiger partial charge in [-0.15, -0.1) is 0 Å². The van der Waals surface area contributed by atoms with Crippen LogP contribution in [-0.2, 0) is 9.53 Å². The van der Waals surface area contributed by atoms with E-state index in [1.165, 1.54) is 6.33 Å². The smallest absolute Gasteiger partial charge is 0.243 e. The van der Waals surface area contributed by atoms with Crippen LogP contribution < -0.4 is 20.3 Å². The molecule has 2 aromatic heterocycles. The van der Waals surface area contributed by atoms with E-state index in [1.807, 2.05) is 36.4 Å². The highest BCUT2D eigenvalue weighted by atomic mass is 16.5. The monoisotopic (exact) mass is 494 g/mol. The summed E-state index contributed by atoms with van der Waals surface area (Å²) in [6, 6.07) is 11.5. The van der Waals surface area contributed by atoms with E-state index in [-0.39, 0.29) is 5.91 Å². The first-order valence-electron chi connectivity index (χ1n) is 11.9. The maximum atomic E-state index is 11.1. The highest BCUT2D eigenvalue weighted by Gasteiger charge is 2.13. The van der Waals surface area contributed by atoms with Crippen molar-refractivity contribution in [1.82, 2.24) is 15.4 Å². The fourth-order valence-electron chi connectivity index (χ4n) is 3.78. The molecular formula is C26H30N4O6. The van der Waals surface area contributed by atoms with Crippen molar-refractivity contribution in [3.63, 3.8) is 0 Å². The van der Waals surface area contributed by atoms with Gasteiger partial charge in [0.2, 0.25) is 5.91 Å². The van der Waals surface area contributed by atoms with Crippen LogP contribution in [0.25, 0.3) is 21.9 Å². The summed E-state index contributed by atoms with van der Waals surface area (Å²) in [6.45, 7) is 1.32. The second-order valence-electron chi connectivity index (χ2n) is 8.23. The second kappa shape index (κ2) is 12.7. The SMILES string of the molecule is COCCOc1cc2c(Nc3ccc4occc4c3)ncnc2cc1OCCCCCCC(=O)NO. The number of unbranched alkanes of at least 4 members (excludes halogenated alkanes) is 3. The molecule has 0 fully saturated rings. The average Bonchev–Trinajstić information content (AvgIpc) is 3.36. The van der Waals surface area contributed by atoms with Crippen molar-refractivity contribution >= 4 is 39.3 Å². The highest BCUT2D eigenvalue weighted by Crippen LogP contribution is 2.35. The molecule has 0 atom stereocenters. The molecule has 0 aliphatic carbocycles. The lowest BCUT2D eigenvalue weighted by atomic mass is 10.1. The first-order valence-corrected chi connectivity index (χ1v) is 11.9. The number of anilines is 2. The van der Waals surface area contributed by atoms with Gasteiger partial charge in [0.05, 0.1) is 25.0 Å². The van der Waals surface area contributed by atoms with Crippen LogP contribution in [-0.4, -0.2) is 48.0 Å². The molecule has 0 unspecified atom stereocenters. The van der Waals surface area contributed by atoms with Crippen LogP contribution in [0.3, 0.4) is 0 Å². The Morgan fingerprint density at radius 1 is 0.972 bits per heavy atom. The standard InChI is InChI=1S/C26H30N4O6/c1-33-12-13-36-23-15-20-21(16-24(23)34-10-5-3-2-4-6-25(31)30-32)27-17-28-26(20)29-19-7-8-22-18(14-19)9-11-35-22/h7-9,11,14-17,32H,2-6,10,12-13H2,1H3,(H,30,31)(H,27,28,29). The van der Waals surface area contributed by atoms with Gasteiger partial charge in [-0.3, -0.25) is 10.0 Å². The summed E-state index contributed by atoms with van der Waals surface area (Å²) in [5.74, 6) is 1.47. The maximum absolute atomic E-state index is 11.1. The van der Waals surface area contributed by atoms with Crippen LogP contribution in [0, 0.1) is 0 Å². The number of nitrogens with zero attached hydrogens (tertiary/aromatic N) is 2. The third-order valence-corrected chi connectivity index (χ3v) is 5.64. The number of amides is 1. The topological polar surface area (TPSA) is 128 Å². The number of nitrogens with one attached hydrogen (secondary N) is 2. The molecule has 4 rings (SSSR count). The van der Waals surface area contributed by atoms with Gasteiger partial charge in [-0.2, -0.15) is 0 Å². The third-order valence-electron chi connectivity index (χ3n) is 5.64. The number of methoxy groups -OCH3 is 1. The van der Waals surface area contributed by atoms with Crippen molar-refractivity contribution in [2.24, 2.45) is 0 Å². The van der Waals surface area contributed by atoms with Crippen LogP contribution in [0.1, 0.15) is 32.1 Å². The van der Waals surface area contributed by atoms with E-state index in [1.54, 1.807) is 18.9 Å². The number of carbonyl (C=O) groups excluding carboxylic acids is 1. The lowest BCUT2D eigenvalue weighted by Crippen LogP contribution is -2.17. The van der Waals surface area contributed by atoms with Gasteiger partial charge >= 0.3 is 0 Å². The number of hydrogen-bond donors (Lipinski definition) is 3. The molecule has 0 radical (unpaired) electrons. The quantitative estimate of drug-likeness (QED) is 0.126. The van der Waals surface area contributed by atoms with E-state index in [0.717, 1.165) is 46.8 Å². The van der Waals surface area contributed by atoms with Gasteiger partial charge in [-0.1, -0.05) is 12.8 Å². The molecular weight excluding hydrogens is 464 g/mol. The molecule has 2 heterocycles. The van der Waals surface area contributed by atoms with Crippen molar-refractivity contribution in [1.29, 1.82) is 0 Å². The van der Waals surface area contributed by atoms with Gasteiger partial charge in [0.15, 0.2) is 11.5 Å². The zero-order chi connectivity index (χ0) is 25.2. The molecule has 0 saturated heterocycles. The van der Waals surface area contributed by atoms with Gasteiger partial charge in [0.1, 0.15) is 24.3 Å². The minimum Gasteiger partial charge on any atom is -0.490 e. The number of aromatic nitrogens is 2. The molecule has 10 nitrogen and oxygen atoms in total. The van der Waals surface area contributed by atoms with Crippen molar-refractivity contribution in [3.05, 3.63) is 49.0 Å². The molecule has 0 aliphatic heterocycles. The summed E-state index contributed by atoms with van der Waals surface area (Å²) in [5, 5.41) is 13.7. The van der Waals surface area contributed by atoms with Gasteiger partial charge in [0.25, 0.3) is 0 Å². The Bertz CT molecular complexity index is 1290. The van der Waals surface area contributed by atoms with Crippen molar-refractivity contribution in [2.45, 2.75) is 32.1 Å². The number of hydroxylamine groups is 1. The lowest BCUT2D eigenvalue weighted by Gasteiger charge is -2.15. The van der Waals surface area contributed by atoms with E-state index in [9.17, 15) is 4.79 Å².